The van der Waals surface area contributed by atoms with Gasteiger partial charge in [-0.2, -0.15) is 0 Å². The van der Waals surface area contributed by atoms with Gasteiger partial charge in [-0.05, 0) is 53.4 Å². The summed E-state index contributed by atoms with van der Waals surface area (Å²) in [7, 11) is 3.29. The average Bonchev–Trinajstić information content (AvgIpc) is 3.10. The van der Waals surface area contributed by atoms with Crippen molar-refractivity contribution in [1.82, 2.24) is 25.5 Å². The number of methoxy groups -OCH3 is 2. The Hall–Kier alpha value is -2.15. The van der Waals surface area contributed by atoms with Gasteiger partial charge in [0, 0.05) is 6.54 Å². The Bertz CT molecular complexity index is 596. The van der Waals surface area contributed by atoms with Crippen LogP contribution in [0.25, 0.3) is 0 Å². The Morgan fingerprint density at radius 3 is 2.77 bits per heavy atom. The highest BCUT2D eigenvalue weighted by Crippen LogP contribution is 2.35. The second kappa shape index (κ2) is 6.74. The minimum absolute atomic E-state index is 0.0857. The molecule has 7 heteroatoms. The van der Waals surface area contributed by atoms with E-state index in [9.17, 15) is 0 Å². The molecule has 1 saturated heterocycles. The van der Waals surface area contributed by atoms with Gasteiger partial charge in [0.25, 0.3) is 0 Å². The van der Waals surface area contributed by atoms with E-state index in [-0.39, 0.29) is 6.04 Å². The van der Waals surface area contributed by atoms with Gasteiger partial charge in [0.15, 0.2) is 11.5 Å². The first-order chi connectivity index (χ1) is 10.8. The Kier molecular flexibility index (Phi) is 4.53. The van der Waals surface area contributed by atoms with Crippen LogP contribution < -0.4 is 14.8 Å². The van der Waals surface area contributed by atoms with Crippen LogP contribution in [0.4, 0.5) is 0 Å². The van der Waals surface area contributed by atoms with Gasteiger partial charge in [-0.1, -0.05) is 6.07 Å². The summed E-state index contributed by atoms with van der Waals surface area (Å²) in [4.78, 5) is 0. The van der Waals surface area contributed by atoms with E-state index >= 15 is 0 Å². The van der Waals surface area contributed by atoms with E-state index in [0.29, 0.717) is 5.92 Å². The molecule has 1 aromatic heterocycles. The number of nitrogens with one attached hydrogen (secondary N) is 1. The fourth-order valence-electron chi connectivity index (χ4n) is 3.12. The molecule has 118 valence electrons. The quantitative estimate of drug-likeness (QED) is 0.897. The van der Waals surface area contributed by atoms with Gasteiger partial charge in [0.2, 0.25) is 0 Å². The number of nitrogens with zero attached hydrogens (tertiary/aromatic N) is 4. The first kappa shape index (κ1) is 14.8. The lowest BCUT2D eigenvalue weighted by Crippen LogP contribution is -2.36. The summed E-state index contributed by atoms with van der Waals surface area (Å²) in [6, 6.07) is 6.09. The van der Waals surface area contributed by atoms with Crippen molar-refractivity contribution in [3.63, 3.8) is 0 Å². The zero-order chi connectivity index (χ0) is 15.4. The van der Waals surface area contributed by atoms with E-state index in [4.69, 9.17) is 9.47 Å². The average molecular weight is 303 g/mol. The maximum atomic E-state index is 5.43. The topological polar surface area (TPSA) is 74.1 Å². The molecule has 1 aromatic carbocycles. The molecular weight excluding hydrogens is 282 g/mol. The molecule has 1 N–H and O–H groups in total. The first-order valence-corrected chi connectivity index (χ1v) is 7.48. The van der Waals surface area contributed by atoms with Gasteiger partial charge in [-0.15, -0.1) is 5.10 Å². The SMILES string of the molecule is COc1ccc([C@H](C2CCCNC2)n2cnnn2)cc1OC. The second-order valence-electron chi connectivity index (χ2n) is 5.46. The molecule has 0 spiro atoms. The zero-order valence-corrected chi connectivity index (χ0v) is 12.9. The van der Waals surface area contributed by atoms with E-state index in [2.05, 4.69) is 26.9 Å². The molecule has 1 unspecified atom stereocenters. The summed E-state index contributed by atoms with van der Waals surface area (Å²) >= 11 is 0. The summed E-state index contributed by atoms with van der Waals surface area (Å²) in [6.07, 6.45) is 3.98. The van der Waals surface area contributed by atoms with E-state index in [1.165, 1.54) is 0 Å². The molecule has 0 saturated carbocycles. The standard InChI is InChI=1S/C15H21N5O2/c1-21-13-6-5-11(8-14(13)22-2)15(20-10-17-18-19-20)12-4-3-7-16-9-12/h5-6,8,10,12,15-16H,3-4,7,9H2,1-2H3/t12?,15-/m1/s1. The summed E-state index contributed by atoms with van der Waals surface area (Å²) in [5.41, 5.74) is 1.12. The fraction of sp³-hybridized carbons (Fsp3) is 0.533. The Morgan fingerprint density at radius 2 is 2.14 bits per heavy atom. The van der Waals surface area contributed by atoms with Crippen LogP contribution in [-0.4, -0.2) is 47.5 Å². The predicted molar refractivity (Wildman–Crippen MR) is 81.1 cm³/mol. The van der Waals surface area contributed by atoms with E-state index in [1.54, 1.807) is 20.5 Å². The lowest BCUT2D eigenvalue weighted by Gasteiger charge is -2.31. The van der Waals surface area contributed by atoms with Crippen LogP contribution in [0, 0.1) is 5.92 Å². The van der Waals surface area contributed by atoms with Gasteiger partial charge >= 0.3 is 0 Å². The molecule has 2 heterocycles. The maximum Gasteiger partial charge on any atom is 0.161 e. The van der Waals surface area contributed by atoms with E-state index in [1.807, 2.05) is 16.8 Å². The van der Waals surface area contributed by atoms with Gasteiger partial charge in [-0.25, -0.2) is 4.68 Å². The van der Waals surface area contributed by atoms with Crippen molar-refractivity contribution < 1.29 is 9.47 Å². The first-order valence-electron chi connectivity index (χ1n) is 7.48. The number of rotatable bonds is 5. The Morgan fingerprint density at radius 1 is 1.27 bits per heavy atom. The van der Waals surface area contributed by atoms with Crippen LogP contribution in [-0.2, 0) is 0 Å². The maximum absolute atomic E-state index is 5.43. The van der Waals surface area contributed by atoms with Crippen molar-refractivity contribution in [2.45, 2.75) is 18.9 Å². The molecule has 3 rings (SSSR count). The highest BCUT2D eigenvalue weighted by atomic mass is 16.5. The molecule has 0 bridgehead atoms. The number of benzene rings is 1. The molecule has 7 nitrogen and oxygen atoms in total. The summed E-state index contributed by atoms with van der Waals surface area (Å²) in [5, 5.41) is 15.2. The van der Waals surface area contributed by atoms with Crippen LogP contribution in [0.2, 0.25) is 0 Å². The third-order valence-corrected chi connectivity index (χ3v) is 4.18. The van der Waals surface area contributed by atoms with Crippen molar-refractivity contribution >= 4 is 0 Å². The molecular formula is C15H21N5O2. The number of tetrazole rings is 1. The van der Waals surface area contributed by atoms with Crippen LogP contribution in [0.1, 0.15) is 24.4 Å². The third-order valence-electron chi connectivity index (χ3n) is 4.18. The molecule has 0 radical (unpaired) electrons. The second-order valence-corrected chi connectivity index (χ2v) is 5.46. The Balaban J connectivity index is 1.98. The van der Waals surface area contributed by atoms with Crippen LogP contribution >= 0.6 is 0 Å². The zero-order valence-electron chi connectivity index (χ0n) is 12.9. The van der Waals surface area contributed by atoms with Crippen LogP contribution in [0.5, 0.6) is 11.5 Å². The molecule has 2 atom stereocenters. The summed E-state index contributed by atoms with van der Waals surface area (Å²) < 4.78 is 12.6. The van der Waals surface area contributed by atoms with E-state index in [0.717, 1.165) is 43.0 Å². The number of piperidine rings is 1. The molecule has 22 heavy (non-hydrogen) atoms. The highest BCUT2D eigenvalue weighted by molar-refractivity contribution is 5.44. The lowest BCUT2D eigenvalue weighted by atomic mass is 9.87. The summed E-state index contributed by atoms with van der Waals surface area (Å²) in [6.45, 7) is 2.03. The number of hydrogen-bond acceptors (Lipinski definition) is 6. The largest absolute Gasteiger partial charge is 0.493 e. The fourth-order valence-corrected chi connectivity index (χ4v) is 3.12. The van der Waals surface area contributed by atoms with E-state index < -0.39 is 0 Å². The molecule has 1 aliphatic rings. The number of hydrogen-bond donors (Lipinski definition) is 1. The number of aromatic nitrogens is 4. The molecule has 2 aromatic rings. The molecule has 0 aliphatic carbocycles. The van der Waals surface area contributed by atoms with Gasteiger partial charge in [0.1, 0.15) is 6.33 Å². The van der Waals surface area contributed by atoms with Gasteiger partial charge < -0.3 is 14.8 Å². The van der Waals surface area contributed by atoms with Crippen molar-refractivity contribution in [2.75, 3.05) is 27.3 Å². The normalized spacial score (nSPS) is 19.6. The highest BCUT2D eigenvalue weighted by Gasteiger charge is 2.28. The minimum Gasteiger partial charge on any atom is -0.493 e. The van der Waals surface area contributed by atoms with Crippen molar-refractivity contribution in [3.8, 4) is 11.5 Å². The third kappa shape index (κ3) is 2.89. The number of ether oxygens (including phenoxy) is 2. The van der Waals surface area contributed by atoms with Crippen LogP contribution in [0.3, 0.4) is 0 Å². The van der Waals surface area contributed by atoms with Gasteiger partial charge in [-0.3, -0.25) is 0 Å². The lowest BCUT2D eigenvalue weighted by molar-refractivity contribution is 0.277. The summed E-state index contributed by atoms with van der Waals surface area (Å²) in [5.74, 6) is 1.89. The van der Waals surface area contributed by atoms with Crippen LogP contribution in [0.15, 0.2) is 24.5 Å². The van der Waals surface area contributed by atoms with Crippen molar-refractivity contribution in [2.24, 2.45) is 5.92 Å². The minimum atomic E-state index is 0.0857. The smallest absolute Gasteiger partial charge is 0.161 e. The molecule has 1 aliphatic heterocycles. The van der Waals surface area contributed by atoms with Gasteiger partial charge in [0.05, 0.1) is 20.3 Å². The Labute approximate surface area is 129 Å². The van der Waals surface area contributed by atoms with Crippen molar-refractivity contribution in [3.05, 3.63) is 30.1 Å². The predicted octanol–water partition coefficient (Wildman–Crippen LogP) is 1.28. The van der Waals surface area contributed by atoms with Crippen molar-refractivity contribution in [1.29, 1.82) is 0 Å². The molecule has 1 fully saturated rings. The molecule has 0 amide bonds. The monoisotopic (exact) mass is 303 g/mol.